The molecule has 3 nitrogen and oxygen atoms in total. The molecule has 1 aromatic rings. The molecule has 9 heteroatoms. The zero-order valence-electron chi connectivity index (χ0n) is 9.86. The van der Waals surface area contributed by atoms with Crippen LogP contribution in [0.3, 0.4) is 0 Å². The van der Waals surface area contributed by atoms with Gasteiger partial charge in [-0.15, -0.1) is 0 Å². The van der Waals surface area contributed by atoms with Crippen LogP contribution >= 0.6 is 0 Å². The fourth-order valence-corrected chi connectivity index (χ4v) is 1.11. The van der Waals surface area contributed by atoms with Crippen molar-refractivity contribution in [1.29, 1.82) is 0 Å². The van der Waals surface area contributed by atoms with Crippen LogP contribution in [-0.2, 0) is 6.18 Å². The van der Waals surface area contributed by atoms with Crippen molar-refractivity contribution >= 4 is 5.82 Å². The highest BCUT2D eigenvalue weighted by atomic mass is 19.4. The lowest BCUT2D eigenvalue weighted by Crippen LogP contribution is -2.31. The third kappa shape index (κ3) is 4.18. The first-order valence-corrected chi connectivity index (χ1v) is 5.04. The molecule has 0 fully saturated rings. The topological polar surface area (TPSA) is 34.1 Å². The standard InChI is InChI=1S/C10H10F6N2O/c1-5(9(11,12)13)19-8-4-6(10(14,15)16)3-7(17-2)18-8/h3-5H,1-2H3,(H,17,18). The fraction of sp³-hybridized carbons (Fsp3) is 0.500. The number of nitrogens with zero attached hydrogens (tertiary/aromatic N) is 1. The lowest BCUT2D eigenvalue weighted by molar-refractivity contribution is -0.190. The highest BCUT2D eigenvalue weighted by Gasteiger charge is 2.39. The van der Waals surface area contributed by atoms with Gasteiger partial charge in [-0.3, -0.25) is 0 Å². The third-order valence-electron chi connectivity index (χ3n) is 2.14. The van der Waals surface area contributed by atoms with Crippen molar-refractivity contribution in [2.24, 2.45) is 0 Å². The van der Waals surface area contributed by atoms with Crippen LogP contribution in [-0.4, -0.2) is 24.3 Å². The van der Waals surface area contributed by atoms with E-state index in [0.29, 0.717) is 19.1 Å². The Balaban J connectivity index is 3.08. The molecule has 0 spiro atoms. The van der Waals surface area contributed by atoms with Gasteiger partial charge in [0.15, 0.2) is 6.10 Å². The Morgan fingerprint density at radius 2 is 1.74 bits per heavy atom. The average molecular weight is 288 g/mol. The second kappa shape index (κ2) is 5.14. The first-order valence-electron chi connectivity index (χ1n) is 5.04. The summed E-state index contributed by atoms with van der Waals surface area (Å²) in [7, 11) is 1.29. The molecule has 1 N–H and O–H groups in total. The predicted molar refractivity (Wildman–Crippen MR) is 54.9 cm³/mol. The lowest BCUT2D eigenvalue weighted by atomic mass is 10.2. The highest BCUT2D eigenvalue weighted by Crippen LogP contribution is 2.33. The van der Waals surface area contributed by atoms with Crippen LogP contribution in [0.15, 0.2) is 12.1 Å². The molecular formula is C10H10F6N2O. The van der Waals surface area contributed by atoms with E-state index in [4.69, 9.17) is 0 Å². The lowest BCUT2D eigenvalue weighted by Gasteiger charge is -2.18. The van der Waals surface area contributed by atoms with Crippen molar-refractivity contribution in [2.75, 3.05) is 12.4 Å². The quantitative estimate of drug-likeness (QED) is 0.865. The van der Waals surface area contributed by atoms with Gasteiger partial charge in [0.1, 0.15) is 5.82 Å². The van der Waals surface area contributed by atoms with E-state index in [2.05, 4.69) is 15.0 Å². The summed E-state index contributed by atoms with van der Waals surface area (Å²) >= 11 is 0. The molecule has 108 valence electrons. The summed E-state index contributed by atoms with van der Waals surface area (Å²) in [6.45, 7) is 0.682. The van der Waals surface area contributed by atoms with Crippen LogP contribution < -0.4 is 10.1 Å². The summed E-state index contributed by atoms with van der Waals surface area (Å²) in [4.78, 5) is 3.49. The second-order valence-electron chi connectivity index (χ2n) is 3.63. The summed E-state index contributed by atoms with van der Waals surface area (Å²) in [5.74, 6) is -0.983. The Morgan fingerprint density at radius 1 is 1.16 bits per heavy atom. The van der Waals surface area contributed by atoms with Gasteiger partial charge in [0, 0.05) is 13.1 Å². The van der Waals surface area contributed by atoms with Crippen molar-refractivity contribution in [1.82, 2.24) is 4.98 Å². The minimum Gasteiger partial charge on any atom is -0.465 e. The molecular weight excluding hydrogens is 278 g/mol. The zero-order valence-corrected chi connectivity index (χ0v) is 9.86. The second-order valence-corrected chi connectivity index (χ2v) is 3.63. The van der Waals surface area contributed by atoms with E-state index in [1.54, 1.807) is 0 Å². The molecule has 1 unspecified atom stereocenters. The summed E-state index contributed by atoms with van der Waals surface area (Å²) in [5, 5.41) is 2.32. The van der Waals surface area contributed by atoms with E-state index < -0.39 is 29.9 Å². The first kappa shape index (κ1) is 15.4. The van der Waals surface area contributed by atoms with E-state index in [1.807, 2.05) is 0 Å². The molecule has 0 aromatic carbocycles. The fourth-order valence-electron chi connectivity index (χ4n) is 1.11. The van der Waals surface area contributed by atoms with Crippen LogP contribution in [0.5, 0.6) is 5.88 Å². The van der Waals surface area contributed by atoms with Crippen molar-refractivity contribution in [3.05, 3.63) is 17.7 Å². The molecule has 0 amide bonds. The molecule has 1 atom stereocenters. The van der Waals surface area contributed by atoms with Gasteiger partial charge in [0.05, 0.1) is 5.56 Å². The van der Waals surface area contributed by atoms with Gasteiger partial charge >= 0.3 is 12.4 Å². The Kier molecular flexibility index (Phi) is 4.16. The van der Waals surface area contributed by atoms with Gasteiger partial charge < -0.3 is 10.1 Å². The van der Waals surface area contributed by atoms with Crippen LogP contribution in [0.4, 0.5) is 32.2 Å². The Labute approximate surface area is 104 Å². The molecule has 19 heavy (non-hydrogen) atoms. The number of hydrogen-bond acceptors (Lipinski definition) is 3. The number of pyridine rings is 1. The van der Waals surface area contributed by atoms with Crippen LogP contribution in [0.25, 0.3) is 0 Å². The number of aromatic nitrogens is 1. The third-order valence-corrected chi connectivity index (χ3v) is 2.14. The van der Waals surface area contributed by atoms with Crippen molar-refractivity contribution in [3.8, 4) is 5.88 Å². The summed E-state index contributed by atoms with van der Waals surface area (Å²) in [5.41, 5.74) is -1.14. The highest BCUT2D eigenvalue weighted by molar-refractivity contribution is 5.42. The number of alkyl halides is 6. The Bertz CT molecular complexity index is 443. The van der Waals surface area contributed by atoms with E-state index in [0.717, 1.165) is 0 Å². The van der Waals surface area contributed by atoms with E-state index in [1.165, 1.54) is 7.05 Å². The Hall–Kier alpha value is -1.67. The summed E-state index contributed by atoms with van der Waals surface area (Å²) < 4.78 is 78.7. The monoisotopic (exact) mass is 288 g/mol. The van der Waals surface area contributed by atoms with Crippen molar-refractivity contribution < 1.29 is 31.1 Å². The maximum atomic E-state index is 12.5. The maximum absolute atomic E-state index is 12.5. The van der Waals surface area contributed by atoms with Crippen molar-refractivity contribution in [2.45, 2.75) is 25.4 Å². The van der Waals surface area contributed by atoms with Gasteiger partial charge in [-0.05, 0) is 13.0 Å². The molecule has 0 aliphatic heterocycles. The van der Waals surface area contributed by atoms with Gasteiger partial charge in [-0.2, -0.15) is 31.3 Å². The van der Waals surface area contributed by atoms with Gasteiger partial charge in [0.25, 0.3) is 0 Å². The number of hydrogen-bond donors (Lipinski definition) is 1. The first-order chi connectivity index (χ1) is 8.54. The molecule has 0 aliphatic carbocycles. The van der Waals surface area contributed by atoms with E-state index in [-0.39, 0.29) is 5.82 Å². The molecule has 0 aliphatic rings. The SMILES string of the molecule is CNc1cc(C(F)(F)F)cc(OC(C)C(F)(F)F)n1. The smallest absolute Gasteiger partial charge is 0.425 e. The van der Waals surface area contributed by atoms with Gasteiger partial charge in [-0.25, -0.2) is 0 Å². The number of rotatable bonds is 3. The maximum Gasteiger partial charge on any atom is 0.425 e. The Morgan fingerprint density at radius 3 is 2.16 bits per heavy atom. The minimum absolute atomic E-state index is 0.237. The van der Waals surface area contributed by atoms with Crippen LogP contribution in [0, 0.1) is 0 Å². The normalized spacial score (nSPS) is 14.1. The van der Waals surface area contributed by atoms with Gasteiger partial charge in [-0.1, -0.05) is 0 Å². The zero-order chi connectivity index (χ0) is 14.8. The largest absolute Gasteiger partial charge is 0.465 e. The average Bonchev–Trinajstić information content (AvgIpc) is 2.26. The summed E-state index contributed by atoms with van der Waals surface area (Å²) in [6, 6.07) is 1.09. The van der Waals surface area contributed by atoms with Crippen molar-refractivity contribution in [3.63, 3.8) is 0 Å². The molecule has 0 saturated heterocycles. The van der Waals surface area contributed by atoms with Gasteiger partial charge in [0.2, 0.25) is 5.88 Å². The number of ether oxygens (including phenoxy) is 1. The van der Waals surface area contributed by atoms with Crippen LogP contribution in [0.2, 0.25) is 0 Å². The number of halogens is 6. The molecule has 1 heterocycles. The number of anilines is 1. The molecule has 1 aromatic heterocycles. The van der Waals surface area contributed by atoms with E-state index >= 15 is 0 Å². The molecule has 0 saturated carbocycles. The number of nitrogens with one attached hydrogen (secondary N) is 1. The predicted octanol–water partition coefficient (Wildman–Crippen LogP) is 3.47. The van der Waals surface area contributed by atoms with E-state index in [9.17, 15) is 26.3 Å². The summed E-state index contributed by atoms with van der Waals surface area (Å²) in [6.07, 6.45) is -11.6. The molecule has 0 bridgehead atoms. The minimum atomic E-state index is -4.70. The molecule has 0 radical (unpaired) electrons. The molecule has 1 rings (SSSR count). The van der Waals surface area contributed by atoms with Crippen LogP contribution in [0.1, 0.15) is 12.5 Å².